The third-order valence-corrected chi connectivity index (χ3v) is 6.20. The maximum Gasteiger partial charge on any atom is 0.131 e. The lowest BCUT2D eigenvalue weighted by Gasteiger charge is -2.36. The summed E-state index contributed by atoms with van der Waals surface area (Å²) in [7, 11) is 4.15. The fourth-order valence-corrected chi connectivity index (χ4v) is 4.16. The number of hydrogen-bond donors (Lipinski definition) is 0. The molecule has 2 aliphatic rings. The Morgan fingerprint density at radius 2 is 1.83 bits per heavy atom. The van der Waals surface area contributed by atoms with Crippen molar-refractivity contribution in [1.82, 2.24) is 4.90 Å². The standard InChI is InChI=1S/C24H30ClN5/c1-26-24(18-8-9-18)27-22-11-10-20(28(2)3)16-19(22)17-29-12-14-30(15-13-29)23-7-5-4-6-21(23)25/h4-7,10-11,16,18H,1,8-9,12-15,17H2,2-3H3. The van der Waals surface area contributed by atoms with Crippen molar-refractivity contribution < 1.29 is 0 Å². The number of nitrogens with zero attached hydrogens (tertiary/aromatic N) is 5. The molecule has 0 spiro atoms. The molecule has 0 bridgehead atoms. The molecular weight excluding hydrogens is 394 g/mol. The second-order valence-electron chi connectivity index (χ2n) is 8.32. The van der Waals surface area contributed by atoms with E-state index in [1.807, 2.05) is 12.1 Å². The summed E-state index contributed by atoms with van der Waals surface area (Å²) in [5.41, 5.74) is 4.58. The molecule has 2 aromatic carbocycles. The highest BCUT2D eigenvalue weighted by Crippen LogP contribution is 2.34. The van der Waals surface area contributed by atoms with Crippen molar-refractivity contribution >= 4 is 41.2 Å². The maximum atomic E-state index is 6.40. The first-order chi connectivity index (χ1) is 14.5. The molecule has 0 unspecified atom stereocenters. The predicted octanol–water partition coefficient (Wildman–Crippen LogP) is 4.87. The molecule has 1 saturated carbocycles. The zero-order chi connectivity index (χ0) is 21.1. The van der Waals surface area contributed by atoms with E-state index >= 15 is 0 Å². The lowest BCUT2D eigenvalue weighted by molar-refractivity contribution is 0.250. The first-order valence-corrected chi connectivity index (χ1v) is 11.0. The third kappa shape index (κ3) is 4.85. The van der Waals surface area contributed by atoms with Crippen molar-refractivity contribution in [1.29, 1.82) is 0 Å². The molecular formula is C24H30ClN5. The van der Waals surface area contributed by atoms with E-state index in [1.165, 1.54) is 24.1 Å². The zero-order valence-electron chi connectivity index (χ0n) is 17.9. The monoisotopic (exact) mass is 423 g/mol. The van der Waals surface area contributed by atoms with Crippen LogP contribution in [0.3, 0.4) is 0 Å². The topological polar surface area (TPSA) is 34.4 Å². The molecule has 0 amide bonds. The molecule has 0 N–H and O–H groups in total. The fraction of sp³-hybridized carbons (Fsp3) is 0.417. The number of rotatable bonds is 6. The number of benzene rings is 2. The average Bonchev–Trinajstić information content (AvgIpc) is 3.59. The van der Waals surface area contributed by atoms with Gasteiger partial charge >= 0.3 is 0 Å². The van der Waals surface area contributed by atoms with E-state index in [2.05, 4.69) is 70.8 Å². The molecule has 4 rings (SSSR count). The minimum Gasteiger partial charge on any atom is -0.378 e. The Hall–Kier alpha value is -2.37. The second kappa shape index (κ2) is 9.19. The summed E-state index contributed by atoms with van der Waals surface area (Å²) in [4.78, 5) is 16.1. The van der Waals surface area contributed by atoms with Gasteiger partial charge in [-0.05, 0) is 55.5 Å². The van der Waals surface area contributed by atoms with E-state index < -0.39 is 0 Å². The quantitative estimate of drug-likeness (QED) is 0.491. The van der Waals surface area contributed by atoms with Crippen LogP contribution < -0.4 is 9.80 Å². The SMILES string of the molecule is C=NC(=Nc1ccc(N(C)C)cc1CN1CCN(c2ccccc2Cl)CC1)C1CC1. The van der Waals surface area contributed by atoms with Crippen LogP contribution in [-0.4, -0.2) is 57.7 Å². The van der Waals surface area contributed by atoms with Gasteiger partial charge in [-0.1, -0.05) is 23.7 Å². The Bertz CT molecular complexity index is 927. The van der Waals surface area contributed by atoms with E-state index in [0.717, 1.165) is 55.0 Å². The van der Waals surface area contributed by atoms with Crippen LogP contribution in [0.1, 0.15) is 18.4 Å². The van der Waals surface area contributed by atoms with Gasteiger partial charge in [0.15, 0.2) is 0 Å². The summed E-state index contributed by atoms with van der Waals surface area (Å²) in [6, 6.07) is 14.6. The molecule has 158 valence electrons. The van der Waals surface area contributed by atoms with Crippen molar-refractivity contribution in [2.45, 2.75) is 19.4 Å². The van der Waals surface area contributed by atoms with Crippen molar-refractivity contribution in [3.63, 3.8) is 0 Å². The van der Waals surface area contributed by atoms with Gasteiger partial charge in [-0.2, -0.15) is 0 Å². The Balaban J connectivity index is 1.50. The minimum atomic E-state index is 0.489. The smallest absolute Gasteiger partial charge is 0.131 e. The normalized spacial score (nSPS) is 17.8. The van der Waals surface area contributed by atoms with Crippen LogP contribution in [0, 0.1) is 5.92 Å². The van der Waals surface area contributed by atoms with Crippen LogP contribution in [0.2, 0.25) is 5.02 Å². The van der Waals surface area contributed by atoms with Gasteiger partial charge in [0.1, 0.15) is 5.84 Å². The summed E-state index contributed by atoms with van der Waals surface area (Å²) in [5, 5.41) is 0.825. The summed E-state index contributed by atoms with van der Waals surface area (Å²) < 4.78 is 0. The van der Waals surface area contributed by atoms with E-state index in [1.54, 1.807) is 0 Å². The number of anilines is 2. The van der Waals surface area contributed by atoms with Gasteiger partial charge in [0.2, 0.25) is 0 Å². The number of para-hydroxylation sites is 1. The summed E-state index contributed by atoms with van der Waals surface area (Å²) >= 11 is 6.40. The molecule has 1 heterocycles. The van der Waals surface area contributed by atoms with Crippen LogP contribution in [0.5, 0.6) is 0 Å². The van der Waals surface area contributed by atoms with Gasteiger partial charge in [-0.25, -0.2) is 9.98 Å². The van der Waals surface area contributed by atoms with Crippen LogP contribution in [0.25, 0.3) is 0 Å². The molecule has 1 aliphatic carbocycles. The highest BCUT2D eigenvalue weighted by molar-refractivity contribution is 6.33. The fourth-order valence-electron chi connectivity index (χ4n) is 3.90. The molecule has 1 aliphatic heterocycles. The van der Waals surface area contributed by atoms with Gasteiger partial charge in [0.25, 0.3) is 0 Å². The lowest BCUT2D eigenvalue weighted by Crippen LogP contribution is -2.46. The van der Waals surface area contributed by atoms with Gasteiger partial charge < -0.3 is 9.80 Å². The summed E-state index contributed by atoms with van der Waals surface area (Å²) in [6.07, 6.45) is 2.35. The molecule has 5 nitrogen and oxygen atoms in total. The Labute approximate surface area is 184 Å². The molecule has 0 radical (unpaired) electrons. The zero-order valence-corrected chi connectivity index (χ0v) is 18.6. The highest BCUT2D eigenvalue weighted by Gasteiger charge is 2.27. The van der Waals surface area contributed by atoms with Crippen LogP contribution in [-0.2, 0) is 6.54 Å². The van der Waals surface area contributed by atoms with E-state index in [0.29, 0.717) is 5.92 Å². The maximum absolute atomic E-state index is 6.40. The predicted molar refractivity (Wildman–Crippen MR) is 129 cm³/mol. The lowest BCUT2D eigenvalue weighted by atomic mass is 10.1. The number of halogens is 1. The Morgan fingerprint density at radius 3 is 2.47 bits per heavy atom. The van der Waals surface area contributed by atoms with Gasteiger partial charge in [-0.3, -0.25) is 4.90 Å². The van der Waals surface area contributed by atoms with Crippen molar-refractivity contribution in [3.05, 3.63) is 53.1 Å². The second-order valence-corrected chi connectivity index (χ2v) is 8.73. The molecule has 6 heteroatoms. The first-order valence-electron chi connectivity index (χ1n) is 10.6. The number of piperazine rings is 1. The van der Waals surface area contributed by atoms with E-state index in [4.69, 9.17) is 16.6 Å². The van der Waals surface area contributed by atoms with Crippen LogP contribution in [0.4, 0.5) is 17.1 Å². The number of hydrogen-bond acceptors (Lipinski definition) is 4. The number of aliphatic imine (C=N–C) groups is 2. The largest absolute Gasteiger partial charge is 0.378 e. The summed E-state index contributed by atoms with van der Waals surface area (Å²) in [5.74, 6) is 1.38. The van der Waals surface area contributed by atoms with Crippen molar-refractivity contribution in [3.8, 4) is 0 Å². The van der Waals surface area contributed by atoms with Crippen molar-refractivity contribution in [2.24, 2.45) is 15.9 Å². The van der Waals surface area contributed by atoms with Crippen LogP contribution in [0.15, 0.2) is 52.4 Å². The molecule has 0 aromatic heterocycles. The van der Waals surface area contributed by atoms with Crippen LogP contribution >= 0.6 is 11.6 Å². The average molecular weight is 424 g/mol. The first kappa shape index (κ1) is 20.9. The minimum absolute atomic E-state index is 0.489. The molecule has 30 heavy (non-hydrogen) atoms. The highest BCUT2D eigenvalue weighted by atomic mass is 35.5. The molecule has 0 atom stereocenters. The van der Waals surface area contributed by atoms with E-state index in [-0.39, 0.29) is 0 Å². The van der Waals surface area contributed by atoms with Gasteiger partial charge in [0.05, 0.1) is 16.4 Å². The third-order valence-electron chi connectivity index (χ3n) is 5.88. The summed E-state index contributed by atoms with van der Waals surface area (Å²) in [6.45, 7) is 8.55. The van der Waals surface area contributed by atoms with Crippen molar-refractivity contribution in [2.75, 3.05) is 50.1 Å². The molecule has 2 aromatic rings. The Kier molecular flexibility index (Phi) is 6.40. The Morgan fingerprint density at radius 1 is 1.10 bits per heavy atom. The number of amidine groups is 1. The van der Waals surface area contributed by atoms with Gasteiger partial charge in [-0.15, -0.1) is 0 Å². The molecule has 2 fully saturated rings. The van der Waals surface area contributed by atoms with E-state index in [9.17, 15) is 0 Å². The van der Waals surface area contributed by atoms with Gasteiger partial charge in [0, 0.05) is 58.4 Å². The molecule has 1 saturated heterocycles.